The van der Waals surface area contributed by atoms with Gasteiger partial charge in [0.15, 0.2) is 0 Å². The van der Waals surface area contributed by atoms with Crippen LogP contribution in [0.3, 0.4) is 0 Å². The molecule has 4 aliphatic rings. The van der Waals surface area contributed by atoms with E-state index in [9.17, 15) is 0 Å². The minimum Gasteiger partial charge on any atom is -0.399 e. The number of aromatic nitrogens is 1. The van der Waals surface area contributed by atoms with Gasteiger partial charge in [0, 0.05) is 27.3 Å². The third-order valence-electron chi connectivity index (χ3n) is 10.9. The molecule has 9 rings (SSSR count). The van der Waals surface area contributed by atoms with Crippen LogP contribution in [0.1, 0.15) is 70.9 Å². The molecule has 0 radical (unpaired) electrons. The van der Waals surface area contributed by atoms with Gasteiger partial charge in [-0.3, -0.25) is 0 Å². The molecule has 1 saturated heterocycles. The monoisotopic (exact) mass is 523 g/mol. The van der Waals surface area contributed by atoms with Crippen molar-refractivity contribution >= 4 is 34.4 Å². The van der Waals surface area contributed by atoms with Crippen molar-refractivity contribution in [3.63, 3.8) is 0 Å². The zero-order valence-corrected chi connectivity index (χ0v) is 23.8. The molecule has 0 atom stereocenters. The first-order chi connectivity index (χ1) is 19.3. The molecule has 0 unspecified atom stereocenters. The standard InChI is InChI=1S/C36H34BNO2/c1-34(2)35(3,4)40-37(39-34)22-20-26-24-13-7-9-15-30(24)38-29-14-8-6-12-23(29)25-16-17-27-32(33(25)38)31(26)28(21-22)36(27)18-10-5-11-19-36/h6-9,12-17,20-21H,5,10-11,18-19H2,1-4H3. The maximum absolute atomic E-state index is 6.66. The minimum absolute atomic E-state index is 0.0407. The fourth-order valence-corrected chi connectivity index (χ4v) is 8.33. The van der Waals surface area contributed by atoms with Gasteiger partial charge in [-0.2, -0.15) is 0 Å². The first-order valence-corrected chi connectivity index (χ1v) is 15.0. The summed E-state index contributed by atoms with van der Waals surface area (Å²) in [5.74, 6) is 0. The van der Waals surface area contributed by atoms with Crippen LogP contribution in [0.5, 0.6) is 0 Å². The molecule has 4 aromatic carbocycles. The second kappa shape index (κ2) is 7.49. The van der Waals surface area contributed by atoms with E-state index in [2.05, 4.69) is 105 Å². The van der Waals surface area contributed by atoms with E-state index in [1.165, 1.54) is 93.0 Å². The van der Waals surface area contributed by atoms with Crippen molar-refractivity contribution in [3.05, 3.63) is 83.9 Å². The predicted molar refractivity (Wildman–Crippen MR) is 165 cm³/mol. The first kappa shape index (κ1) is 23.4. The van der Waals surface area contributed by atoms with E-state index in [4.69, 9.17) is 9.31 Å². The van der Waals surface area contributed by atoms with Gasteiger partial charge in [0.2, 0.25) is 0 Å². The second-order valence-corrected chi connectivity index (χ2v) is 13.5. The molecular weight excluding hydrogens is 489 g/mol. The maximum atomic E-state index is 6.66. The van der Waals surface area contributed by atoms with E-state index >= 15 is 0 Å². The average Bonchev–Trinajstić information content (AvgIpc) is 3.47. The number of benzene rings is 4. The molecule has 1 spiro atoms. The van der Waals surface area contributed by atoms with E-state index in [0.29, 0.717) is 0 Å². The van der Waals surface area contributed by atoms with Gasteiger partial charge in [-0.15, -0.1) is 0 Å². The van der Waals surface area contributed by atoms with Crippen LogP contribution in [0.4, 0.5) is 0 Å². The topological polar surface area (TPSA) is 23.4 Å². The average molecular weight is 523 g/mol. The number of fused-ring (bicyclic) bond motifs is 8. The van der Waals surface area contributed by atoms with E-state index in [1.54, 1.807) is 0 Å². The van der Waals surface area contributed by atoms with Crippen molar-refractivity contribution in [2.75, 3.05) is 0 Å². The molecule has 0 bridgehead atoms. The normalized spacial score (nSPS) is 20.9. The molecule has 2 fully saturated rings. The molecule has 198 valence electrons. The molecular formula is C36H34BNO2. The lowest BCUT2D eigenvalue weighted by atomic mass is 9.65. The Balaban J connectivity index is 1.44. The minimum atomic E-state index is -0.383. The molecule has 0 amide bonds. The highest BCUT2D eigenvalue weighted by atomic mass is 16.7. The van der Waals surface area contributed by atoms with Gasteiger partial charge in [-0.1, -0.05) is 79.9 Å². The van der Waals surface area contributed by atoms with E-state index in [-0.39, 0.29) is 23.7 Å². The molecule has 1 aromatic heterocycles. The summed E-state index contributed by atoms with van der Waals surface area (Å²) >= 11 is 0. The molecule has 40 heavy (non-hydrogen) atoms. The smallest absolute Gasteiger partial charge is 0.399 e. The predicted octanol–water partition coefficient (Wildman–Crippen LogP) is 8.29. The summed E-state index contributed by atoms with van der Waals surface area (Å²) in [6.07, 6.45) is 6.26. The Labute approximate surface area is 236 Å². The highest BCUT2D eigenvalue weighted by Gasteiger charge is 2.53. The van der Waals surface area contributed by atoms with Gasteiger partial charge < -0.3 is 13.9 Å². The molecule has 3 heterocycles. The molecule has 2 aliphatic heterocycles. The Kier molecular flexibility index (Phi) is 4.37. The highest BCUT2D eigenvalue weighted by molar-refractivity contribution is 6.62. The van der Waals surface area contributed by atoms with Crippen LogP contribution < -0.4 is 5.46 Å². The Hall–Kier alpha value is -3.34. The summed E-state index contributed by atoms with van der Waals surface area (Å²) in [7, 11) is -0.383. The molecule has 4 heteroatoms. The molecule has 5 aromatic rings. The summed E-state index contributed by atoms with van der Waals surface area (Å²) < 4.78 is 15.9. The summed E-state index contributed by atoms with van der Waals surface area (Å²) in [5, 5.41) is 2.68. The van der Waals surface area contributed by atoms with Gasteiger partial charge in [0.25, 0.3) is 0 Å². The summed E-state index contributed by atoms with van der Waals surface area (Å²) in [5.41, 5.74) is 12.9. The lowest BCUT2D eigenvalue weighted by molar-refractivity contribution is 0.00578. The van der Waals surface area contributed by atoms with E-state index < -0.39 is 0 Å². The number of rotatable bonds is 1. The fraction of sp³-hybridized carbons (Fsp3) is 0.333. The highest BCUT2D eigenvalue weighted by Crippen LogP contribution is 2.61. The zero-order chi connectivity index (χ0) is 27.0. The van der Waals surface area contributed by atoms with Crippen molar-refractivity contribution < 1.29 is 9.31 Å². The van der Waals surface area contributed by atoms with Crippen LogP contribution in [-0.2, 0) is 14.7 Å². The van der Waals surface area contributed by atoms with E-state index in [0.717, 1.165) is 5.46 Å². The van der Waals surface area contributed by atoms with Crippen LogP contribution in [0, 0.1) is 0 Å². The number of hydrogen-bond acceptors (Lipinski definition) is 2. The van der Waals surface area contributed by atoms with Crippen molar-refractivity contribution in [2.45, 2.75) is 76.4 Å². The Bertz CT molecular complexity index is 1890. The second-order valence-electron chi connectivity index (χ2n) is 13.5. The zero-order valence-electron chi connectivity index (χ0n) is 23.8. The van der Waals surface area contributed by atoms with Crippen LogP contribution in [-0.4, -0.2) is 22.9 Å². The third-order valence-corrected chi connectivity index (χ3v) is 10.9. The summed E-state index contributed by atoms with van der Waals surface area (Å²) in [6, 6.07) is 27.7. The quantitative estimate of drug-likeness (QED) is 0.203. The molecule has 3 nitrogen and oxygen atoms in total. The number of para-hydroxylation sites is 2. The van der Waals surface area contributed by atoms with Crippen LogP contribution in [0.2, 0.25) is 0 Å². The lowest BCUT2D eigenvalue weighted by Gasteiger charge is -2.36. The van der Waals surface area contributed by atoms with Gasteiger partial charge in [0.1, 0.15) is 0 Å². The maximum Gasteiger partial charge on any atom is 0.494 e. The van der Waals surface area contributed by atoms with Crippen molar-refractivity contribution in [3.8, 4) is 27.9 Å². The summed E-state index contributed by atoms with van der Waals surface area (Å²) in [6.45, 7) is 8.60. The van der Waals surface area contributed by atoms with Crippen LogP contribution >= 0.6 is 0 Å². The Morgan fingerprint density at radius 1 is 0.675 bits per heavy atom. The SMILES string of the molecule is CC1(C)OB(c2cc3c4c(c2)C2(CCCCC2)c2ccc5c6ccccc6n(c5c2-4)-c2ccccc2-3)OC1(C)C. The van der Waals surface area contributed by atoms with Crippen molar-refractivity contribution in [2.24, 2.45) is 0 Å². The van der Waals surface area contributed by atoms with Crippen LogP contribution in [0.25, 0.3) is 49.7 Å². The van der Waals surface area contributed by atoms with E-state index in [1.807, 2.05) is 0 Å². The van der Waals surface area contributed by atoms with Crippen LogP contribution in [0.15, 0.2) is 72.8 Å². The number of hydrogen-bond donors (Lipinski definition) is 0. The van der Waals surface area contributed by atoms with Gasteiger partial charge in [-0.25, -0.2) is 0 Å². The van der Waals surface area contributed by atoms with Gasteiger partial charge >= 0.3 is 7.12 Å². The lowest BCUT2D eigenvalue weighted by Crippen LogP contribution is -2.41. The Morgan fingerprint density at radius 3 is 2.20 bits per heavy atom. The largest absolute Gasteiger partial charge is 0.494 e. The molecule has 0 N–H and O–H groups in total. The van der Waals surface area contributed by atoms with Gasteiger partial charge in [-0.05, 0) is 80.4 Å². The number of nitrogens with zero attached hydrogens (tertiary/aromatic N) is 1. The molecule has 2 aliphatic carbocycles. The van der Waals surface area contributed by atoms with Gasteiger partial charge in [0.05, 0.1) is 27.9 Å². The Morgan fingerprint density at radius 2 is 1.40 bits per heavy atom. The summed E-state index contributed by atoms with van der Waals surface area (Å²) in [4.78, 5) is 0. The first-order valence-electron chi connectivity index (χ1n) is 15.0. The third kappa shape index (κ3) is 2.70. The van der Waals surface area contributed by atoms with Crippen molar-refractivity contribution in [1.29, 1.82) is 0 Å². The fourth-order valence-electron chi connectivity index (χ4n) is 8.33. The molecule has 1 saturated carbocycles. The van der Waals surface area contributed by atoms with Crippen molar-refractivity contribution in [1.82, 2.24) is 4.57 Å².